The van der Waals surface area contributed by atoms with Gasteiger partial charge in [0.1, 0.15) is 11.3 Å². The summed E-state index contributed by atoms with van der Waals surface area (Å²) in [6.07, 6.45) is 0. The number of para-hydroxylation sites is 1. The van der Waals surface area contributed by atoms with Gasteiger partial charge in [-0.15, -0.1) is 0 Å². The first-order valence-corrected chi connectivity index (χ1v) is 9.70. The molecule has 6 nitrogen and oxygen atoms in total. The normalized spacial score (nSPS) is 12.9. The number of benzene rings is 2. The summed E-state index contributed by atoms with van der Waals surface area (Å²) < 4.78 is 31.8. The topological polar surface area (TPSA) is 88.4 Å². The minimum absolute atomic E-state index is 0.0362. The third kappa shape index (κ3) is 3.60. The van der Waals surface area contributed by atoms with E-state index in [1.165, 1.54) is 25.2 Å². The summed E-state index contributed by atoms with van der Waals surface area (Å²) in [5.41, 5.74) is 0.801. The Morgan fingerprint density at radius 3 is 2.58 bits per heavy atom. The van der Waals surface area contributed by atoms with E-state index < -0.39 is 22.0 Å². The summed E-state index contributed by atoms with van der Waals surface area (Å²) in [6, 6.07) is 12.9. The van der Waals surface area contributed by atoms with Crippen LogP contribution in [0.15, 0.2) is 57.8 Å². The molecule has 8 heteroatoms. The molecule has 0 spiro atoms. The van der Waals surface area contributed by atoms with Crippen molar-refractivity contribution in [3.05, 3.63) is 64.9 Å². The molecule has 0 aliphatic rings. The van der Waals surface area contributed by atoms with E-state index in [1.807, 2.05) is 30.3 Å². The molecule has 2 aromatic carbocycles. The van der Waals surface area contributed by atoms with E-state index in [9.17, 15) is 13.2 Å². The van der Waals surface area contributed by atoms with Crippen LogP contribution in [0.5, 0.6) is 0 Å². The zero-order valence-corrected chi connectivity index (χ0v) is 15.7. The molecule has 1 aromatic heterocycles. The molecule has 1 heterocycles. The molecule has 0 saturated carbocycles. The van der Waals surface area contributed by atoms with Gasteiger partial charge in [-0.3, -0.25) is 4.79 Å². The first-order valence-electron chi connectivity index (χ1n) is 7.84. The van der Waals surface area contributed by atoms with E-state index in [0.717, 1.165) is 11.0 Å². The highest BCUT2D eigenvalue weighted by Gasteiger charge is 2.20. The molecular formula is C18H17ClN2O4S. The van der Waals surface area contributed by atoms with Gasteiger partial charge in [0.2, 0.25) is 10.0 Å². The number of furan rings is 1. The quantitative estimate of drug-likeness (QED) is 0.695. The van der Waals surface area contributed by atoms with Gasteiger partial charge in [0, 0.05) is 5.39 Å². The standard InChI is InChI=1S/C18H17ClN2O4S/c1-11(17-9-12-5-3-4-6-16(12)25-17)21-18(22)14-10-13(7-8-15(14)19)26(23,24)20-2/h3-11,20H,1-2H3,(H,21,22)/t11-/m0/s1. The number of hydrogen-bond donors (Lipinski definition) is 2. The van der Waals surface area contributed by atoms with Crippen LogP contribution in [0.1, 0.15) is 29.1 Å². The number of rotatable bonds is 5. The first-order chi connectivity index (χ1) is 12.3. The van der Waals surface area contributed by atoms with E-state index in [1.54, 1.807) is 6.92 Å². The number of amides is 1. The third-order valence-corrected chi connectivity index (χ3v) is 5.72. The lowest BCUT2D eigenvalue weighted by Gasteiger charge is -2.13. The van der Waals surface area contributed by atoms with Crippen LogP contribution < -0.4 is 10.0 Å². The van der Waals surface area contributed by atoms with Gasteiger partial charge in [-0.1, -0.05) is 29.8 Å². The second-order valence-electron chi connectivity index (χ2n) is 5.73. The van der Waals surface area contributed by atoms with Crippen LogP contribution in [0.25, 0.3) is 11.0 Å². The van der Waals surface area contributed by atoms with E-state index in [2.05, 4.69) is 10.0 Å². The number of halogens is 1. The lowest BCUT2D eigenvalue weighted by molar-refractivity contribution is 0.0935. The summed E-state index contributed by atoms with van der Waals surface area (Å²) >= 11 is 6.08. The molecule has 0 fully saturated rings. The average Bonchev–Trinajstić information content (AvgIpc) is 3.06. The van der Waals surface area contributed by atoms with E-state index in [-0.39, 0.29) is 15.5 Å². The Labute approximate surface area is 156 Å². The van der Waals surface area contributed by atoms with Crippen molar-refractivity contribution in [3.63, 3.8) is 0 Å². The summed E-state index contributed by atoms with van der Waals surface area (Å²) in [4.78, 5) is 12.5. The van der Waals surface area contributed by atoms with E-state index in [0.29, 0.717) is 5.76 Å². The smallest absolute Gasteiger partial charge is 0.253 e. The van der Waals surface area contributed by atoms with E-state index >= 15 is 0 Å². The molecule has 0 radical (unpaired) electrons. The molecular weight excluding hydrogens is 376 g/mol. The minimum atomic E-state index is -3.68. The Morgan fingerprint density at radius 1 is 1.15 bits per heavy atom. The van der Waals surface area contributed by atoms with Crippen molar-refractivity contribution >= 4 is 38.5 Å². The Balaban J connectivity index is 1.86. The Morgan fingerprint density at radius 2 is 1.88 bits per heavy atom. The molecule has 3 aromatic rings. The third-order valence-electron chi connectivity index (χ3n) is 3.98. The lowest BCUT2D eigenvalue weighted by atomic mass is 10.1. The van der Waals surface area contributed by atoms with Crippen LogP contribution in [0.4, 0.5) is 0 Å². The summed E-state index contributed by atoms with van der Waals surface area (Å²) in [7, 11) is -2.38. The molecule has 0 aliphatic carbocycles. The molecule has 0 aliphatic heterocycles. The fourth-order valence-corrected chi connectivity index (χ4v) is 3.48. The van der Waals surface area contributed by atoms with Crippen molar-refractivity contribution in [3.8, 4) is 0 Å². The second kappa shape index (κ2) is 7.11. The molecule has 1 amide bonds. The number of hydrogen-bond acceptors (Lipinski definition) is 4. The molecule has 1 atom stereocenters. The van der Waals surface area contributed by atoms with Gasteiger partial charge in [-0.05, 0) is 44.3 Å². The molecule has 0 saturated heterocycles. The van der Waals surface area contributed by atoms with Crippen LogP contribution in [0.2, 0.25) is 5.02 Å². The van der Waals surface area contributed by atoms with Crippen molar-refractivity contribution in [1.29, 1.82) is 0 Å². The summed E-state index contributed by atoms with van der Waals surface area (Å²) in [6.45, 7) is 1.78. The molecule has 2 N–H and O–H groups in total. The van der Waals surface area contributed by atoms with E-state index in [4.69, 9.17) is 16.0 Å². The van der Waals surface area contributed by atoms with Crippen molar-refractivity contribution in [2.45, 2.75) is 17.9 Å². The maximum atomic E-state index is 12.6. The second-order valence-corrected chi connectivity index (χ2v) is 8.02. The Kier molecular flexibility index (Phi) is 5.04. The number of carbonyl (C=O) groups is 1. The van der Waals surface area contributed by atoms with Crippen molar-refractivity contribution in [1.82, 2.24) is 10.0 Å². The largest absolute Gasteiger partial charge is 0.459 e. The zero-order valence-electron chi connectivity index (χ0n) is 14.1. The summed E-state index contributed by atoms with van der Waals surface area (Å²) in [5, 5.41) is 3.87. The average molecular weight is 393 g/mol. The minimum Gasteiger partial charge on any atom is -0.459 e. The van der Waals surface area contributed by atoms with Crippen LogP contribution >= 0.6 is 11.6 Å². The lowest BCUT2D eigenvalue weighted by Crippen LogP contribution is -2.27. The van der Waals surface area contributed by atoms with Gasteiger partial charge in [0.25, 0.3) is 5.91 Å². The van der Waals surface area contributed by atoms with Crippen molar-refractivity contribution in [2.24, 2.45) is 0 Å². The zero-order chi connectivity index (χ0) is 18.9. The number of fused-ring (bicyclic) bond motifs is 1. The van der Waals surface area contributed by atoms with Gasteiger partial charge in [0.05, 0.1) is 21.5 Å². The Hall–Kier alpha value is -2.35. The monoisotopic (exact) mass is 392 g/mol. The fourth-order valence-electron chi connectivity index (χ4n) is 2.52. The molecule has 0 bridgehead atoms. The Bertz CT molecular complexity index is 1040. The highest BCUT2D eigenvalue weighted by Crippen LogP contribution is 2.25. The predicted molar refractivity (Wildman–Crippen MR) is 99.8 cm³/mol. The summed E-state index contributed by atoms with van der Waals surface area (Å²) in [5.74, 6) is 0.103. The number of sulfonamides is 1. The molecule has 26 heavy (non-hydrogen) atoms. The van der Waals surface area contributed by atoms with Crippen molar-refractivity contribution < 1.29 is 17.6 Å². The van der Waals surface area contributed by atoms with Gasteiger partial charge < -0.3 is 9.73 Å². The molecule has 136 valence electrons. The van der Waals surface area contributed by atoms with Crippen molar-refractivity contribution in [2.75, 3.05) is 7.05 Å². The number of carbonyl (C=O) groups excluding carboxylic acids is 1. The van der Waals surface area contributed by atoms with Gasteiger partial charge in [-0.2, -0.15) is 0 Å². The van der Waals surface area contributed by atoms with Gasteiger partial charge >= 0.3 is 0 Å². The predicted octanol–water partition coefficient (Wildman–Crippen LogP) is 3.49. The molecule has 0 unspecified atom stereocenters. The van der Waals surface area contributed by atoms with Crippen LogP contribution in [0, 0.1) is 0 Å². The number of nitrogens with one attached hydrogen (secondary N) is 2. The maximum absolute atomic E-state index is 12.6. The van der Waals surface area contributed by atoms with Crippen LogP contribution in [-0.2, 0) is 10.0 Å². The fraction of sp³-hybridized carbons (Fsp3) is 0.167. The highest BCUT2D eigenvalue weighted by molar-refractivity contribution is 7.89. The highest BCUT2D eigenvalue weighted by atomic mass is 35.5. The van der Waals surface area contributed by atoms with Gasteiger partial charge in [-0.25, -0.2) is 13.1 Å². The maximum Gasteiger partial charge on any atom is 0.253 e. The SMILES string of the molecule is CNS(=O)(=O)c1ccc(Cl)c(C(=O)N[C@@H](C)c2cc3ccccc3o2)c1. The van der Waals surface area contributed by atoms with Crippen LogP contribution in [-0.4, -0.2) is 21.4 Å². The van der Waals surface area contributed by atoms with Gasteiger partial charge in [0.15, 0.2) is 0 Å². The molecule has 3 rings (SSSR count). The van der Waals surface area contributed by atoms with Crippen LogP contribution in [0.3, 0.4) is 0 Å². The first kappa shape index (κ1) is 18.4.